The van der Waals surface area contributed by atoms with E-state index in [9.17, 15) is 13.2 Å². The first-order valence-electron chi connectivity index (χ1n) is 9.58. The van der Waals surface area contributed by atoms with Crippen LogP contribution in [0.15, 0.2) is 88.8 Å². The molecule has 0 spiro atoms. The monoisotopic (exact) mass is 430 g/mol. The van der Waals surface area contributed by atoms with Crippen molar-refractivity contribution in [2.45, 2.75) is 11.8 Å². The zero-order valence-electron chi connectivity index (χ0n) is 16.6. The summed E-state index contributed by atoms with van der Waals surface area (Å²) in [5.41, 5.74) is 1.81. The van der Waals surface area contributed by atoms with Crippen molar-refractivity contribution in [1.29, 1.82) is 5.26 Å². The highest BCUT2D eigenvalue weighted by molar-refractivity contribution is 7.96. The summed E-state index contributed by atoms with van der Waals surface area (Å²) in [4.78, 5) is 14.6. The fourth-order valence-corrected chi connectivity index (χ4v) is 4.90. The van der Waals surface area contributed by atoms with Gasteiger partial charge < -0.3 is 9.64 Å². The van der Waals surface area contributed by atoms with Gasteiger partial charge in [0.2, 0.25) is 15.6 Å². The van der Waals surface area contributed by atoms with Crippen LogP contribution in [0.2, 0.25) is 0 Å². The van der Waals surface area contributed by atoms with Gasteiger partial charge in [-0.15, -0.1) is 0 Å². The van der Waals surface area contributed by atoms with Crippen LogP contribution in [0.25, 0.3) is 0 Å². The second kappa shape index (κ2) is 8.09. The molecule has 0 saturated carbocycles. The van der Waals surface area contributed by atoms with Crippen LogP contribution in [0.1, 0.15) is 22.8 Å². The number of ether oxygens (including phenoxy) is 1. The molecule has 1 heterocycles. The van der Waals surface area contributed by atoms with Gasteiger partial charge in [0.1, 0.15) is 10.7 Å². The summed E-state index contributed by atoms with van der Waals surface area (Å²) in [5.74, 6) is 0.000261. The van der Waals surface area contributed by atoms with E-state index < -0.39 is 15.6 Å². The lowest BCUT2D eigenvalue weighted by Crippen LogP contribution is -2.25. The molecule has 0 amide bonds. The molecule has 3 aromatic rings. The highest BCUT2D eigenvalue weighted by Gasteiger charge is 2.36. The van der Waals surface area contributed by atoms with Crippen LogP contribution in [-0.2, 0) is 9.84 Å². The Morgan fingerprint density at radius 3 is 2.32 bits per heavy atom. The third kappa shape index (κ3) is 3.69. The van der Waals surface area contributed by atoms with Crippen LogP contribution in [0.5, 0.6) is 5.75 Å². The van der Waals surface area contributed by atoms with Gasteiger partial charge in [-0.3, -0.25) is 4.79 Å². The lowest BCUT2D eigenvalue weighted by Gasteiger charge is -2.28. The molecule has 0 unspecified atom stereocenters. The minimum absolute atomic E-state index is 0.0520. The smallest absolute Gasteiger partial charge is 0.214 e. The Labute approximate surface area is 180 Å². The van der Waals surface area contributed by atoms with Gasteiger partial charge in [-0.25, -0.2) is 8.42 Å². The minimum Gasteiger partial charge on any atom is -0.494 e. The molecular weight excluding hydrogens is 412 g/mol. The van der Waals surface area contributed by atoms with E-state index >= 15 is 0 Å². The highest BCUT2D eigenvalue weighted by Crippen LogP contribution is 2.40. The number of nitriles is 1. The lowest BCUT2D eigenvalue weighted by atomic mass is 10.1. The van der Waals surface area contributed by atoms with Crippen molar-refractivity contribution in [2.24, 2.45) is 0 Å². The predicted molar refractivity (Wildman–Crippen MR) is 117 cm³/mol. The van der Waals surface area contributed by atoms with Crippen molar-refractivity contribution < 1.29 is 17.9 Å². The summed E-state index contributed by atoms with van der Waals surface area (Å²) in [6, 6.07) is 21.7. The molecule has 0 atom stereocenters. The third-order valence-electron chi connectivity index (χ3n) is 4.88. The van der Waals surface area contributed by atoms with Crippen molar-refractivity contribution >= 4 is 27.0 Å². The highest BCUT2D eigenvalue weighted by atomic mass is 32.2. The normalized spacial score (nSPS) is 14.2. The number of hydrogen-bond donors (Lipinski definition) is 0. The molecule has 0 aromatic heterocycles. The summed E-state index contributed by atoms with van der Waals surface area (Å²) in [6.07, 6.45) is 1.35. The van der Waals surface area contributed by atoms with Gasteiger partial charge in [0, 0.05) is 17.5 Å². The fraction of sp³-hybridized carbons (Fsp3) is 0.0833. The number of para-hydroxylation sites is 1. The number of hydrogen-bond acceptors (Lipinski definition) is 6. The van der Waals surface area contributed by atoms with Crippen molar-refractivity contribution in [1.82, 2.24) is 0 Å². The largest absolute Gasteiger partial charge is 0.494 e. The van der Waals surface area contributed by atoms with E-state index in [0.29, 0.717) is 29.3 Å². The predicted octanol–water partition coefficient (Wildman–Crippen LogP) is 4.61. The molecule has 1 aliphatic rings. The number of carbonyl (C=O) groups is 1. The maximum Gasteiger partial charge on any atom is 0.214 e. The van der Waals surface area contributed by atoms with Crippen molar-refractivity contribution in [3.8, 4) is 11.8 Å². The van der Waals surface area contributed by atoms with E-state index in [1.165, 1.54) is 12.3 Å². The van der Waals surface area contributed by atoms with Crippen molar-refractivity contribution in [3.63, 3.8) is 0 Å². The zero-order valence-corrected chi connectivity index (χ0v) is 17.5. The second-order valence-electron chi connectivity index (χ2n) is 6.78. The number of sulfone groups is 1. The molecule has 31 heavy (non-hydrogen) atoms. The number of fused-ring (bicyclic) bond motifs is 1. The van der Waals surface area contributed by atoms with Gasteiger partial charge in [-0.05, 0) is 67.6 Å². The Morgan fingerprint density at radius 1 is 1.00 bits per heavy atom. The lowest BCUT2D eigenvalue weighted by molar-refractivity contribution is 0.104. The summed E-state index contributed by atoms with van der Waals surface area (Å²) in [7, 11) is -4.02. The minimum atomic E-state index is -4.02. The fourth-order valence-electron chi connectivity index (χ4n) is 3.36. The van der Waals surface area contributed by atoms with E-state index in [4.69, 9.17) is 10.00 Å². The Kier molecular flexibility index (Phi) is 5.32. The zero-order chi connectivity index (χ0) is 22.0. The van der Waals surface area contributed by atoms with Crippen molar-refractivity contribution in [3.05, 3.63) is 95.0 Å². The number of carbonyl (C=O) groups excluding carboxylic acids is 1. The molecular formula is C24H18N2O4S. The maximum absolute atomic E-state index is 13.3. The quantitative estimate of drug-likeness (QED) is 0.550. The topological polar surface area (TPSA) is 87.5 Å². The van der Waals surface area contributed by atoms with Gasteiger partial charge in [0.15, 0.2) is 0 Å². The van der Waals surface area contributed by atoms with Crippen LogP contribution in [0.4, 0.5) is 11.4 Å². The number of ketones is 1. The van der Waals surface area contributed by atoms with E-state index in [1.54, 1.807) is 71.6 Å². The second-order valence-corrected chi connectivity index (χ2v) is 8.67. The SMILES string of the molecule is CCOc1ccc(C(=O)C2=CN(c3ccc(C#N)cc3)c3ccccc3S2(=O)=O)cc1. The number of rotatable bonds is 5. The average Bonchev–Trinajstić information content (AvgIpc) is 2.80. The summed E-state index contributed by atoms with van der Waals surface area (Å²) in [6.45, 7) is 2.34. The maximum atomic E-state index is 13.3. The molecule has 1 aliphatic heterocycles. The molecule has 3 aromatic carbocycles. The third-order valence-corrected chi connectivity index (χ3v) is 6.67. The number of nitrogens with zero attached hydrogens (tertiary/aromatic N) is 2. The molecule has 0 saturated heterocycles. The average molecular weight is 430 g/mol. The molecule has 6 nitrogen and oxygen atoms in total. The molecule has 4 rings (SSSR count). The first-order valence-corrected chi connectivity index (χ1v) is 11.1. The first-order chi connectivity index (χ1) is 15.0. The molecule has 7 heteroatoms. The van der Waals surface area contributed by atoms with Gasteiger partial charge in [0.05, 0.1) is 28.8 Å². The van der Waals surface area contributed by atoms with Crippen LogP contribution in [0, 0.1) is 11.3 Å². The van der Waals surface area contributed by atoms with E-state index in [2.05, 4.69) is 6.07 Å². The Bertz CT molecular complexity index is 1320. The Morgan fingerprint density at radius 2 is 1.68 bits per heavy atom. The molecule has 154 valence electrons. The summed E-state index contributed by atoms with van der Waals surface area (Å²) >= 11 is 0. The summed E-state index contributed by atoms with van der Waals surface area (Å²) < 4.78 is 32.0. The molecule has 0 N–H and O–H groups in total. The molecule has 0 aliphatic carbocycles. The van der Waals surface area contributed by atoms with E-state index in [1.807, 2.05) is 6.92 Å². The Hall–Kier alpha value is -3.89. The van der Waals surface area contributed by atoms with Gasteiger partial charge in [0.25, 0.3) is 0 Å². The first kappa shape index (κ1) is 20.4. The number of benzene rings is 3. The standard InChI is InChI=1S/C24H18N2O4S/c1-2-30-20-13-9-18(10-14-20)24(27)23-16-26(19-11-7-17(15-25)8-12-19)21-5-3-4-6-22(21)31(23,28)29/h3-14,16H,2H2,1H3. The number of Topliss-reactive ketones (excluding diaryl/α,β-unsaturated/α-hetero) is 1. The van der Waals surface area contributed by atoms with Gasteiger partial charge in [-0.1, -0.05) is 12.1 Å². The van der Waals surface area contributed by atoms with E-state index in [0.717, 1.165) is 0 Å². The Balaban J connectivity index is 1.83. The molecule has 0 fully saturated rings. The number of anilines is 2. The summed E-state index contributed by atoms with van der Waals surface area (Å²) in [5, 5.41) is 9.05. The van der Waals surface area contributed by atoms with Crippen molar-refractivity contribution in [2.75, 3.05) is 11.5 Å². The van der Waals surface area contributed by atoms with Crippen LogP contribution in [0.3, 0.4) is 0 Å². The van der Waals surface area contributed by atoms with Crippen LogP contribution in [-0.4, -0.2) is 20.8 Å². The van der Waals surface area contributed by atoms with E-state index in [-0.39, 0.29) is 15.4 Å². The number of allylic oxidation sites excluding steroid dienone is 1. The molecule has 0 radical (unpaired) electrons. The van der Waals surface area contributed by atoms with Crippen LogP contribution < -0.4 is 9.64 Å². The molecule has 0 bridgehead atoms. The van der Waals surface area contributed by atoms with Gasteiger partial charge in [-0.2, -0.15) is 5.26 Å². The van der Waals surface area contributed by atoms with Gasteiger partial charge >= 0.3 is 0 Å². The van der Waals surface area contributed by atoms with Crippen LogP contribution >= 0.6 is 0 Å².